The van der Waals surface area contributed by atoms with E-state index in [1.165, 1.54) is 23.1 Å². The van der Waals surface area contributed by atoms with E-state index in [0.717, 1.165) is 5.56 Å². The van der Waals surface area contributed by atoms with Crippen molar-refractivity contribution in [2.24, 2.45) is 0 Å². The number of hydrogen-bond acceptors (Lipinski definition) is 8. The van der Waals surface area contributed by atoms with E-state index in [4.69, 9.17) is 14.2 Å². The minimum absolute atomic E-state index is 0.190. The Kier molecular flexibility index (Phi) is 6.75. The number of nitro benzene ring substituents is 1. The SMILES string of the molecule is COCCOc1ccc(CNC(=O)CN2C(=O)COc3ccc([N+](=O)[O-])cc32)cn1. The van der Waals surface area contributed by atoms with Crippen molar-refractivity contribution in [2.45, 2.75) is 6.54 Å². The number of benzene rings is 1. The molecule has 1 aromatic heterocycles. The zero-order chi connectivity index (χ0) is 21.5. The molecule has 0 fully saturated rings. The molecule has 1 aromatic carbocycles. The average molecular weight is 416 g/mol. The predicted octanol–water partition coefficient (Wildman–Crippen LogP) is 1.06. The minimum Gasteiger partial charge on any atom is -0.482 e. The number of rotatable bonds is 9. The molecule has 1 aliphatic rings. The summed E-state index contributed by atoms with van der Waals surface area (Å²) in [5, 5.41) is 13.7. The third kappa shape index (κ3) is 5.20. The molecule has 0 saturated carbocycles. The van der Waals surface area contributed by atoms with Crippen molar-refractivity contribution in [3.05, 3.63) is 52.2 Å². The Balaban J connectivity index is 1.59. The largest absolute Gasteiger partial charge is 0.482 e. The molecule has 0 spiro atoms. The van der Waals surface area contributed by atoms with E-state index >= 15 is 0 Å². The Bertz CT molecular complexity index is 933. The van der Waals surface area contributed by atoms with Crippen LogP contribution in [0.25, 0.3) is 0 Å². The zero-order valence-corrected chi connectivity index (χ0v) is 16.2. The summed E-state index contributed by atoms with van der Waals surface area (Å²) in [5.74, 6) is -0.138. The fraction of sp³-hybridized carbons (Fsp3) is 0.316. The third-order valence-electron chi connectivity index (χ3n) is 4.22. The first kappa shape index (κ1) is 21.0. The average Bonchev–Trinajstić information content (AvgIpc) is 2.75. The summed E-state index contributed by atoms with van der Waals surface area (Å²) in [6, 6.07) is 7.34. The van der Waals surface area contributed by atoms with Crippen LogP contribution >= 0.6 is 0 Å². The van der Waals surface area contributed by atoms with E-state index in [1.807, 2.05) is 0 Å². The van der Waals surface area contributed by atoms with Gasteiger partial charge in [0, 0.05) is 38.1 Å². The molecule has 2 heterocycles. The topological polar surface area (TPSA) is 133 Å². The fourth-order valence-corrected chi connectivity index (χ4v) is 2.71. The molecular formula is C19H20N4O7. The second-order valence-electron chi connectivity index (χ2n) is 6.30. The molecule has 1 aliphatic heterocycles. The number of aromatic nitrogens is 1. The molecule has 0 unspecified atom stereocenters. The van der Waals surface area contributed by atoms with Gasteiger partial charge in [-0.1, -0.05) is 6.07 Å². The summed E-state index contributed by atoms with van der Waals surface area (Å²) in [6.07, 6.45) is 1.57. The molecule has 3 rings (SSSR count). The lowest BCUT2D eigenvalue weighted by Gasteiger charge is -2.28. The van der Waals surface area contributed by atoms with E-state index in [9.17, 15) is 19.7 Å². The van der Waals surface area contributed by atoms with Gasteiger partial charge in [-0.2, -0.15) is 0 Å². The van der Waals surface area contributed by atoms with E-state index in [2.05, 4.69) is 10.3 Å². The van der Waals surface area contributed by atoms with Gasteiger partial charge >= 0.3 is 0 Å². The summed E-state index contributed by atoms with van der Waals surface area (Å²) >= 11 is 0. The molecule has 0 saturated heterocycles. The van der Waals surface area contributed by atoms with Crippen molar-refractivity contribution in [1.29, 1.82) is 0 Å². The summed E-state index contributed by atoms with van der Waals surface area (Å²) in [5.41, 5.74) is 0.734. The van der Waals surface area contributed by atoms with Crippen LogP contribution in [0.5, 0.6) is 11.6 Å². The lowest BCUT2D eigenvalue weighted by molar-refractivity contribution is -0.384. The summed E-state index contributed by atoms with van der Waals surface area (Å²) in [7, 11) is 1.58. The Morgan fingerprint density at radius 1 is 1.33 bits per heavy atom. The Hall–Kier alpha value is -3.73. The van der Waals surface area contributed by atoms with Gasteiger partial charge in [-0.15, -0.1) is 0 Å². The molecule has 11 nitrogen and oxygen atoms in total. The highest BCUT2D eigenvalue weighted by molar-refractivity contribution is 6.02. The van der Waals surface area contributed by atoms with Crippen LogP contribution < -0.4 is 19.7 Å². The van der Waals surface area contributed by atoms with Crippen molar-refractivity contribution in [3.63, 3.8) is 0 Å². The number of hydrogen-bond donors (Lipinski definition) is 1. The molecule has 2 aromatic rings. The van der Waals surface area contributed by atoms with Gasteiger partial charge in [0.15, 0.2) is 6.61 Å². The maximum absolute atomic E-state index is 12.4. The lowest BCUT2D eigenvalue weighted by Crippen LogP contribution is -2.45. The summed E-state index contributed by atoms with van der Waals surface area (Å²) < 4.78 is 15.5. The van der Waals surface area contributed by atoms with Gasteiger partial charge in [0.2, 0.25) is 11.8 Å². The number of methoxy groups -OCH3 is 1. The fourth-order valence-electron chi connectivity index (χ4n) is 2.71. The van der Waals surface area contributed by atoms with Gasteiger partial charge in [-0.05, 0) is 11.6 Å². The number of carbonyl (C=O) groups excluding carboxylic acids is 2. The van der Waals surface area contributed by atoms with E-state index in [0.29, 0.717) is 24.8 Å². The number of nitrogens with one attached hydrogen (secondary N) is 1. The van der Waals surface area contributed by atoms with Gasteiger partial charge in [0.25, 0.3) is 11.6 Å². The molecule has 2 amide bonds. The normalized spacial score (nSPS) is 12.7. The van der Waals surface area contributed by atoms with Gasteiger partial charge < -0.3 is 19.5 Å². The molecule has 30 heavy (non-hydrogen) atoms. The zero-order valence-electron chi connectivity index (χ0n) is 16.2. The lowest BCUT2D eigenvalue weighted by atomic mass is 10.2. The quantitative estimate of drug-likeness (QED) is 0.364. The maximum atomic E-state index is 12.4. The number of fused-ring (bicyclic) bond motifs is 1. The van der Waals surface area contributed by atoms with Crippen LogP contribution in [0, 0.1) is 10.1 Å². The van der Waals surface area contributed by atoms with Gasteiger partial charge in [-0.3, -0.25) is 24.6 Å². The number of non-ortho nitro benzene ring substituents is 1. The number of carbonyl (C=O) groups is 2. The van der Waals surface area contributed by atoms with Crippen LogP contribution in [-0.2, 0) is 20.9 Å². The van der Waals surface area contributed by atoms with Crippen LogP contribution in [0.2, 0.25) is 0 Å². The van der Waals surface area contributed by atoms with E-state index < -0.39 is 16.7 Å². The Morgan fingerprint density at radius 2 is 2.17 bits per heavy atom. The molecule has 11 heteroatoms. The monoisotopic (exact) mass is 416 g/mol. The predicted molar refractivity (Wildman–Crippen MR) is 104 cm³/mol. The van der Waals surface area contributed by atoms with E-state index in [-0.39, 0.29) is 31.1 Å². The molecule has 1 N–H and O–H groups in total. The van der Waals surface area contributed by atoms with Crippen LogP contribution in [0.1, 0.15) is 5.56 Å². The second-order valence-corrected chi connectivity index (χ2v) is 6.30. The maximum Gasteiger partial charge on any atom is 0.271 e. The van der Waals surface area contributed by atoms with Crippen molar-refractivity contribution in [1.82, 2.24) is 10.3 Å². The molecule has 0 radical (unpaired) electrons. The number of anilines is 1. The standard InChI is InChI=1S/C19H20N4O7/c1-28-6-7-29-18-5-2-13(10-21-18)9-20-17(24)11-22-15-8-14(23(26)27)3-4-16(15)30-12-19(22)25/h2-5,8,10H,6-7,9,11-12H2,1H3,(H,20,24). The summed E-state index contributed by atoms with van der Waals surface area (Å²) in [6.45, 7) is 0.498. The molecular weight excluding hydrogens is 396 g/mol. The van der Waals surface area contributed by atoms with Gasteiger partial charge in [-0.25, -0.2) is 4.98 Å². The number of pyridine rings is 1. The van der Waals surface area contributed by atoms with E-state index in [1.54, 1.807) is 25.4 Å². The smallest absolute Gasteiger partial charge is 0.271 e. The number of nitrogens with zero attached hydrogens (tertiary/aromatic N) is 3. The first-order chi connectivity index (χ1) is 14.5. The van der Waals surface area contributed by atoms with Gasteiger partial charge in [0.05, 0.1) is 17.2 Å². The van der Waals surface area contributed by atoms with Crippen LogP contribution in [0.15, 0.2) is 36.5 Å². The molecule has 0 aliphatic carbocycles. The van der Waals surface area contributed by atoms with Crippen molar-refractivity contribution >= 4 is 23.2 Å². The van der Waals surface area contributed by atoms with Crippen LogP contribution in [-0.4, -0.2) is 55.2 Å². The Morgan fingerprint density at radius 3 is 2.87 bits per heavy atom. The highest BCUT2D eigenvalue weighted by atomic mass is 16.6. The highest BCUT2D eigenvalue weighted by Crippen LogP contribution is 2.35. The molecule has 0 atom stereocenters. The highest BCUT2D eigenvalue weighted by Gasteiger charge is 2.29. The summed E-state index contributed by atoms with van der Waals surface area (Å²) in [4.78, 5) is 40.3. The Labute approximate surface area is 171 Å². The van der Waals surface area contributed by atoms with Crippen LogP contribution in [0.3, 0.4) is 0 Å². The third-order valence-corrected chi connectivity index (χ3v) is 4.22. The second kappa shape index (κ2) is 9.65. The molecule has 0 bridgehead atoms. The van der Waals surface area contributed by atoms with Crippen molar-refractivity contribution in [2.75, 3.05) is 38.4 Å². The van der Waals surface area contributed by atoms with Crippen LogP contribution in [0.4, 0.5) is 11.4 Å². The first-order valence-corrected chi connectivity index (χ1v) is 9.03. The van der Waals surface area contributed by atoms with Gasteiger partial charge in [0.1, 0.15) is 18.9 Å². The number of ether oxygens (including phenoxy) is 3. The minimum atomic E-state index is -0.576. The molecule has 158 valence electrons. The number of nitro groups is 1. The first-order valence-electron chi connectivity index (χ1n) is 9.03. The van der Waals surface area contributed by atoms with Crippen molar-refractivity contribution < 1.29 is 28.7 Å². The van der Waals surface area contributed by atoms with Crippen molar-refractivity contribution in [3.8, 4) is 11.6 Å². The number of amides is 2.